The van der Waals surface area contributed by atoms with Gasteiger partial charge in [-0.1, -0.05) is 6.92 Å². The minimum Gasteiger partial charge on any atom is -0.385 e. The molecule has 0 spiro atoms. The average Bonchev–Trinajstić information content (AvgIpc) is 2.29. The van der Waals surface area contributed by atoms with E-state index in [-0.39, 0.29) is 5.56 Å². The highest BCUT2D eigenvalue weighted by molar-refractivity contribution is 5.30. The number of rotatable bonds is 7. The number of nitrogens with one attached hydrogen (secondary N) is 1. The number of ether oxygens (including phenoxy) is 1. The van der Waals surface area contributed by atoms with Crippen LogP contribution in [0.25, 0.3) is 0 Å². The van der Waals surface area contributed by atoms with Gasteiger partial charge in [0.05, 0.1) is 0 Å². The van der Waals surface area contributed by atoms with E-state index in [1.54, 1.807) is 24.1 Å². The third-order valence-corrected chi connectivity index (χ3v) is 2.20. The van der Waals surface area contributed by atoms with E-state index >= 15 is 0 Å². The van der Waals surface area contributed by atoms with Crippen LogP contribution < -0.4 is 10.9 Å². The smallest absolute Gasteiger partial charge is 0.293 e. The standard InChI is InChI=1S/C11H19N3O2/c1-3-7-14-8-6-13-10(11(14)15)12-5-4-9-16-2/h6,8H,3-5,7,9H2,1-2H3,(H,12,13). The molecule has 1 N–H and O–H groups in total. The second kappa shape index (κ2) is 7.00. The molecule has 0 saturated heterocycles. The zero-order chi connectivity index (χ0) is 11.8. The molecule has 0 saturated carbocycles. The first-order valence-corrected chi connectivity index (χ1v) is 5.57. The fraction of sp³-hybridized carbons (Fsp3) is 0.636. The minimum absolute atomic E-state index is 0.0539. The highest BCUT2D eigenvalue weighted by Crippen LogP contribution is 1.94. The number of aromatic nitrogens is 2. The van der Waals surface area contributed by atoms with Gasteiger partial charge >= 0.3 is 0 Å². The van der Waals surface area contributed by atoms with E-state index in [1.165, 1.54) is 0 Å². The minimum atomic E-state index is -0.0539. The molecule has 0 aliphatic heterocycles. The highest BCUT2D eigenvalue weighted by Gasteiger charge is 2.02. The molecule has 1 rings (SSSR count). The van der Waals surface area contributed by atoms with Gasteiger partial charge in [-0.05, 0) is 12.8 Å². The lowest BCUT2D eigenvalue weighted by atomic mass is 10.4. The van der Waals surface area contributed by atoms with E-state index in [4.69, 9.17) is 4.74 Å². The van der Waals surface area contributed by atoms with E-state index in [1.807, 2.05) is 6.92 Å². The van der Waals surface area contributed by atoms with Crippen molar-refractivity contribution in [2.45, 2.75) is 26.3 Å². The van der Waals surface area contributed by atoms with Gasteiger partial charge in [-0.3, -0.25) is 4.79 Å². The molecule has 0 aromatic carbocycles. The van der Waals surface area contributed by atoms with E-state index < -0.39 is 0 Å². The summed E-state index contributed by atoms with van der Waals surface area (Å²) < 4.78 is 6.60. The van der Waals surface area contributed by atoms with Crippen LogP contribution >= 0.6 is 0 Å². The topological polar surface area (TPSA) is 56.1 Å². The van der Waals surface area contributed by atoms with Crippen LogP contribution in [-0.4, -0.2) is 29.8 Å². The van der Waals surface area contributed by atoms with Crippen molar-refractivity contribution < 1.29 is 4.74 Å². The number of aryl methyl sites for hydroxylation is 1. The molecule has 5 nitrogen and oxygen atoms in total. The van der Waals surface area contributed by atoms with Crippen LogP contribution in [0.3, 0.4) is 0 Å². The van der Waals surface area contributed by atoms with Gasteiger partial charge in [0.25, 0.3) is 5.56 Å². The molecule has 0 fully saturated rings. The summed E-state index contributed by atoms with van der Waals surface area (Å²) >= 11 is 0. The van der Waals surface area contributed by atoms with Crippen molar-refractivity contribution in [1.29, 1.82) is 0 Å². The van der Waals surface area contributed by atoms with Gasteiger partial charge in [0.15, 0.2) is 5.82 Å². The molecule has 0 aliphatic rings. The first-order valence-electron chi connectivity index (χ1n) is 5.57. The Morgan fingerprint density at radius 3 is 3.06 bits per heavy atom. The quantitative estimate of drug-likeness (QED) is 0.706. The third kappa shape index (κ3) is 3.66. The Kier molecular flexibility index (Phi) is 5.56. The average molecular weight is 225 g/mol. The zero-order valence-electron chi connectivity index (χ0n) is 9.90. The van der Waals surface area contributed by atoms with Crippen molar-refractivity contribution in [2.24, 2.45) is 0 Å². The molecular formula is C11H19N3O2. The van der Waals surface area contributed by atoms with Crippen molar-refractivity contribution in [1.82, 2.24) is 9.55 Å². The Bertz CT molecular complexity index is 362. The molecule has 16 heavy (non-hydrogen) atoms. The van der Waals surface area contributed by atoms with Gasteiger partial charge in [0, 0.05) is 39.2 Å². The Labute approximate surface area is 95.5 Å². The van der Waals surface area contributed by atoms with Crippen molar-refractivity contribution >= 4 is 5.82 Å². The number of anilines is 1. The molecule has 0 radical (unpaired) electrons. The van der Waals surface area contributed by atoms with E-state index in [0.717, 1.165) is 19.4 Å². The maximum atomic E-state index is 11.8. The van der Waals surface area contributed by atoms with Gasteiger partial charge in [-0.2, -0.15) is 0 Å². The number of nitrogens with zero attached hydrogens (tertiary/aromatic N) is 2. The van der Waals surface area contributed by atoms with Crippen LogP contribution in [0.5, 0.6) is 0 Å². The van der Waals surface area contributed by atoms with Crippen LogP contribution in [0, 0.1) is 0 Å². The summed E-state index contributed by atoms with van der Waals surface area (Å²) in [6.45, 7) is 4.15. The maximum absolute atomic E-state index is 11.8. The molecule has 0 bridgehead atoms. The van der Waals surface area contributed by atoms with E-state index in [2.05, 4.69) is 10.3 Å². The summed E-state index contributed by atoms with van der Waals surface area (Å²) in [7, 11) is 1.66. The SMILES string of the molecule is CCCn1ccnc(NCCCOC)c1=O. The molecular weight excluding hydrogens is 206 g/mol. The van der Waals surface area contributed by atoms with Gasteiger partial charge in [-0.15, -0.1) is 0 Å². The first-order chi connectivity index (χ1) is 7.79. The van der Waals surface area contributed by atoms with E-state index in [9.17, 15) is 4.79 Å². The Balaban J connectivity index is 2.59. The summed E-state index contributed by atoms with van der Waals surface area (Å²) in [5.74, 6) is 0.423. The molecule has 90 valence electrons. The number of methoxy groups -OCH3 is 1. The lowest BCUT2D eigenvalue weighted by Crippen LogP contribution is -2.24. The number of hydrogen-bond acceptors (Lipinski definition) is 4. The van der Waals surface area contributed by atoms with Gasteiger partial charge in [0.2, 0.25) is 0 Å². The summed E-state index contributed by atoms with van der Waals surface area (Å²) in [4.78, 5) is 15.9. The fourth-order valence-electron chi connectivity index (χ4n) is 1.41. The maximum Gasteiger partial charge on any atom is 0.293 e. The van der Waals surface area contributed by atoms with Gasteiger partial charge in [0.1, 0.15) is 0 Å². The second-order valence-electron chi connectivity index (χ2n) is 3.55. The zero-order valence-corrected chi connectivity index (χ0v) is 9.90. The molecule has 1 heterocycles. The molecule has 0 aliphatic carbocycles. The van der Waals surface area contributed by atoms with Gasteiger partial charge < -0.3 is 14.6 Å². The lowest BCUT2D eigenvalue weighted by molar-refractivity contribution is 0.197. The third-order valence-electron chi connectivity index (χ3n) is 2.20. The molecule has 0 atom stereocenters. The predicted molar refractivity (Wildman–Crippen MR) is 63.8 cm³/mol. The van der Waals surface area contributed by atoms with Crippen LogP contribution in [0.1, 0.15) is 19.8 Å². The van der Waals surface area contributed by atoms with E-state index in [0.29, 0.717) is 19.0 Å². The fourth-order valence-corrected chi connectivity index (χ4v) is 1.41. The predicted octanol–water partition coefficient (Wildman–Crippen LogP) is 1.10. The normalized spacial score (nSPS) is 10.4. The van der Waals surface area contributed by atoms with Crippen molar-refractivity contribution in [3.63, 3.8) is 0 Å². The van der Waals surface area contributed by atoms with Crippen molar-refractivity contribution in [3.8, 4) is 0 Å². The van der Waals surface area contributed by atoms with Crippen molar-refractivity contribution in [2.75, 3.05) is 25.6 Å². The molecule has 5 heteroatoms. The van der Waals surface area contributed by atoms with Crippen LogP contribution in [-0.2, 0) is 11.3 Å². The largest absolute Gasteiger partial charge is 0.385 e. The second-order valence-corrected chi connectivity index (χ2v) is 3.55. The Morgan fingerprint density at radius 1 is 1.56 bits per heavy atom. The molecule has 1 aromatic heterocycles. The van der Waals surface area contributed by atoms with Crippen molar-refractivity contribution in [3.05, 3.63) is 22.7 Å². The summed E-state index contributed by atoms with van der Waals surface area (Å²) in [6, 6.07) is 0. The monoisotopic (exact) mass is 225 g/mol. The first kappa shape index (κ1) is 12.7. The Morgan fingerprint density at radius 2 is 2.38 bits per heavy atom. The lowest BCUT2D eigenvalue weighted by Gasteiger charge is -2.07. The summed E-state index contributed by atoms with van der Waals surface area (Å²) in [5.41, 5.74) is -0.0539. The number of hydrogen-bond donors (Lipinski definition) is 1. The Hall–Kier alpha value is -1.36. The van der Waals surface area contributed by atoms with Crippen LogP contribution in [0.15, 0.2) is 17.2 Å². The molecule has 0 unspecified atom stereocenters. The molecule has 0 amide bonds. The highest BCUT2D eigenvalue weighted by atomic mass is 16.5. The van der Waals surface area contributed by atoms with Crippen LogP contribution in [0.4, 0.5) is 5.82 Å². The summed E-state index contributed by atoms with van der Waals surface area (Å²) in [6.07, 6.45) is 5.16. The van der Waals surface area contributed by atoms with Gasteiger partial charge in [-0.25, -0.2) is 4.98 Å². The summed E-state index contributed by atoms with van der Waals surface area (Å²) in [5, 5.41) is 3.02. The van der Waals surface area contributed by atoms with Crippen LogP contribution in [0.2, 0.25) is 0 Å². The molecule has 1 aromatic rings.